The highest BCUT2D eigenvalue weighted by molar-refractivity contribution is 6.33. The van der Waals surface area contributed by atoms with Gasteiger partial charge in [-0.1, -0.05) is 211 Å². The number of hydrogen-bond donors (Lipinski definition) is 0. The molecule has 1 fully saturated rings. The van der Waals surface area contributed by atoms with Crippen LogP contribution in [0.4, 0.5) is 11.4 Å². The monoisotopic (exact) mass is 911 g/mol. The second-order valence-corrected chi connectivity index (χ2v) is 22.8. The lowest BCUT2D eigenvalue weighted by Gasteiger charge is -2.62. The van der Waals surface area contributed by atoms with Gasteiger partial charge in [-0.05, 0) is 182 Å². The molecule has 1 nitrogen and oxygen atoms in total. The summed E-state index contributed by atoms with van der Waals surface area (Å²) in [5, 5.41) is 15.3. The lowest BCUT2D eigenvalue weighted by atomic mass is 9.45. The molecule has 0 aromatic heterocycles. The summed E-state index contributed by atoms with van der Waals surface area (Å²) in [6.07, 6.45) is 2.25. The molecule has 1 heterocycles. The third-order valence-electron chi connectivity index (χ3n) is 17.9. The van der Waals surface area contributed by atoms with Crippen molar-refractivity contribution in [1.82, 2.24) is 0 Å². The Morgan fingerprint density at radius 1 is 0.338 bits per heavy atom. The first-order chi connectivity index (χ1) is 34.4. The van der Waals surface area contributed by atoms with E-state index >= 15 is 0 Å². The maximum absolute atomic E-state index is 2.73. The van der Waals surface area contributed by atoms with E-state index in [1.165, 1.54) is 126 Å². The van der Waals surface area contributed by atoms with E-state index in [1.807, 2.05) is 0 Å². The third-order valence-corrected chi connectivity index (χ3v) is 17.9. The van der Waals surface area contributed by atoms with Crippen molar-refractivity contribution in [3.63, 3.8) is 0 Å². The molecule has 2 unspecified atom stereocenters. The standard InChI is InChI=1S/C70H57N/c1-67(2)42-68(3,4)70(6)63-39-47(33-38-64(63)71(69(70,5)43-67)48-25-8-7-9-26-48)59-40-60(52-30-16-22-44-19-10-13-27-49(44)52)56-36-37-58-62(54-32-18-24-46-21-12-15-29-51(46)54)41-61(57-35-34-55(59)65(56)66(57)58)53-31-17-23-45-20-11-14-28-50(45)53/h7-41H,42-43H2,1-6H3. The molecule has 0 N–H and O–H groups in total. The number of benzene rings is 12. The summed E-state index contributed by atoms with van der Waals surface area (Å²) in [7, 11) is 0. The molecular formula is C70H57N. The number of hydrogen-bond acceptors (Lipinski definition) is 1. The van der Waals surface area contributed by atoms with Gasteiger partial charge in [0.05, 0.1) is 5.54 Å². The highest BCUT2D eigenvalue weighted by Gasteiger charge is 2.67. The van der Waals surface area contributed by atoms with E-state index in [4.69, 9.17) is 0 Å². The van der Waals surface area contributed by atoms with Crippen LogP contribution in [-0.2, 0) is 5.41 Å². The van der Waals surface area contributed by atoms with Crippen LogP contribution >= 0.6 is 0 Å². The van der Waals surface area contributed by atoms with Gasteiger partial charge in [-0.2, -0.15) is 0 Å². The van der Waals surface area contributed by atoms with Crippen molar-refractivity contribution in [3.05, 3.63) is 218 Å². The summed E-state index contributed by atoms with van der Waals surface area (Å²) in [5.74, 6) is 0. The molecule has 71 heavy (non-hydrogen) atoms. The van der Waals surface area contributed by atoms with Crippen molar-refractivity contribution < 1.29 is 0 Å². The zero-order valence-electron chi connectivity index (χ0n) is 41.6. The first-order valence-corrected chi connectivity index (χ1v) is 25.7. The van der Waals surface area contributed by atoms with Gasteiger partial charge in [0.2, 0.25) is 0 Å². The molecule has 1 aliphatic heterocycles. The van der Waals surface area contributed by atoms with E-state index in [0.29, 0.717) is 0 Å². The zero-order valence-corrected chi connectivity index (χ0v) is 41.6. The minimum absolute atomic E-state index is 0.00714. The summed E-state index contributed by atoms with van der Waals surface area (Å²) in [6, 6.07) is 80.7. The molecule has 0 amide bonds. The highest BCUT2D eigenvalue weighted by atomic mass is 15.3. The van der Waals surface area contributed by atoms with Crippen LogP contribution in [0.1, 0.15) is 59.9 Å². The molecule has 0 saturated heterocycles. The topological polar surface area (TPSA) is 3.24 Å². The van der Waals surface area contributed by atoms with Gasteiger partial charge in [-0.25, -0.2) is 0 Å². The smallest absolute Gasteiger partial charge is 0.0528 e. The molecule has 14 rings (SSSR count). The first kappa shape index (κ1) is 42.2. The van der Waals surface area contributed by atoms with Crippen LogP contribution in [0.15, 0.2) is 212 Å². The Morgan fingerprint density at radius 2 is 0.761 bits per heavy atom. The van der Waals surface area contributed by atoms with Gasteiger partial charge in [-0.15, -0.1) is 0 Å². The lowest BCUT2D eigenvalue weighted by molar-refractivity contribution is -0.0236. The molecule has 1 saturated carbocycles. The average molecular weight is 912 g/mol. The van der Waals surface area contributed by atoms with Crippen LogP contribution in [-0.4, -0.2) is 5.54 Å². The van der Waals surface area contributed by atoms with Crippen molar-refractivity contribution in [2.24, 2.45) is 10.8 Å². The summed E-state index contributed by atoms with van der Waals surface area (Å²) < 4.78 is 0. The quantitative estimate of drug-likeness (QED) is 0.156. The van der Waals surface area contributed by atoms with Crippen LogP contribution in [0.3, 0.4) is 0 Å². The largest absolute Gasteiger partial charge is 0.334 e. The maximum Gasteiger partial charge on any atom is 0.0528 e. The van der Waals surface area contributed by atoms with Crippen LogP contribution in [0.5, 0.6) is 0 Å². The average Bonchev–Trinajstić information content (AvgIpc) is 3.60. The summed E-state index contributed by atoms with van der Waals surface area (Å²) >= 11 is 0. The Hall–Kier alpha value is -7.74. The van der Waals surface area contributed by atoms with Crippen LogP contribution in [0.2, 0.25) is 0 Å². The Kier molecular flexibility index (Phi) is 8.84. The van der Waals surface area contributed by atoms with Gasteiger partial charge in [0.15, 0.2) is 0 Å². The number of rotatable bonds is 5. The Labute approximate surface area is 417 Å². The second kappa shape index (κ2) is 14.9. The zero-order chi connectivity index (χ0) is 48.0. The maximum atomic E-state index is 2.73. The number of anilines is 2. The summed E-state index contributed by atoms with van der Waals surface area (Å²) in [6.45, 7) is 15.3. The first-order valence-electron chi connectivity index (χ1n) is 25.7. The number of fused-ring (bicyclic) bond motifs is 6. The normalized spacial score (nSPS) is 19.3. The van der Waals surface area contributed by atoms with E-state index < -0.39 is 0 Å². The van der Waals surface area contributed by atoms with E-state index in [2.05, 4.69) is 259 Å². The molecule has 342 valence electrons. The van der Waals surface area contributed by atoms with E-state index in [0.717, 1.165) is 12.8 Å². The molecule has 12 aromatic rings. The van der Waals surface area contributed by atoms with Gasteiger partial charge in [-0.3, -0.25) is 0 Å². The Morgan fingerprint density at radius 3 is 1.25 bits per heavy atom. The molecule has 1 aliphatic carbocycles. The molecule has 0 radical (unpaired) electrons. The van der Waals surface area contributed by atoms with Crippen molar-refractivity contribution >= 4 is 76.0 Å². The molecular weight excluding hydrogens is 855 g/mol. The van der Waals surface area contributed by atoms with Gasteiger partial charge in [0.1, 0.15) is 0 Å². The molecule has 0 bridgehead atoms. The van der Waals surface area contributed by atoms with Crippen molar-refractivity contribution in [2.75, 3.05) is 4.90 Å². The summed E-state index contributed by atoms with van der Waals surface area (Å²) in [4.78, 5) is 2.73. The fraction of sp³-hybridized carbons (Fsp3) is 0.171. The number of nitrogens with zero attached hydrogens (tertiary/aromatic N) is 1. The Bertz CT molecular complexity index is 4040. The van der Waals surface area contributed by atoms with E-state index in [1.54, 1.807) is 0 Å². The lowest BCUT2D eigenvalue weighted by Crippen LogP contribution is -2.65. The van der Waals surface area contributed by atoms with Crippen molar-refractivity contribution in [3.8, 4) is 44.5 Å². The fourth-order valence-electron chi connectivity index (χ4n) is 15.1. The van der Waals surface area contributed by atoms with Gasteiger partial charge in [0.25, 0.3) is 0 Å². The predicted molar refractivity (Wildman–Crippen MR) is 306 cm³/mol. The van der Waals surface area contributed by atoms with Crippen LogP contribution in [0.25, 0.3) is 109 Å². The molecule has 12 aromatic carbocycles. The fourth-order valence-corrected chi connectivity index (χ4v) is 15.1. The van der Waals surface area contributed by atoms with Crippen molar-refractivity contribution in [2.45, 2.75) is 65.3 Å². The molecule has 1 heteroatoms. The van der Waals surface area contributed by atoms with Crippen LogP contribution < -0.4 is 4.90 Å². The minimum Gasteiger partial charge on any atom is -0.334 e. The molecule has 2 aliphatic rings. The van der Waals surface area contributed by atoms with E-state index in [-0.39, 0.29) is 21.8 Å². The minimum atomic E-state index is -0.159. The number of para-hydroxylation sites is 1. The Balaban J connectivity index is 1.13. The SMILES string of the molecule is CC1(C)CC(C)(C)C2(C)c3cc(-c4cc(-c5cccc6ccccc56)c5ccc6c(-c7cccc8ccccc78)cc(-c7cccc8ccccc78)c7ccc4c5c76)ccc3N(c3ccccc3)C2(C)C1. The van der Waals surface area contributed by atoms with Crippen LogP contribution in [0, 0.1) is 10.8 Å². The molecule has 2 atom stereocenters. The van der Waals surface area contributed by atoms with E-state index in [9.17, 15) is 0 Å². The highest BCUT2D eigenvalue weighted by Crippen LogP contribution is 2.70. The molecule has 0 spiro atoms. The second-order valence-electron chi connectivity index (χ2n) is 22.8. The van der Waals surface area contributed by atoms with Gasteiger partial charge < -0.3 is 4.90 Å². The third kappa shape index (κ3) is 5.87. The summed E-state index contributed by atoms with van der Waals surface area (Å²) in [5.41, 5.74) is 14.0. The van der Waals surface area contributed by atoms with Gasteiger partial charge in [0, 0.05) is 16.8 Å². The predicted octanol–water partition coefficient (Wildman–Crippen LogP) is 19.7. The van der Waals surface area contributed by atoms with Gasteiger partial charge >= 0.3 is 0 Å². The van der Waals surface area contributed by atoms with Crippen molar-refractivity contribution in [1.29, 1.82) is 0 Å².